The van der Waals surface area contributed by atoms with Crippen LogP contribution in [-0.4, -0.2) is 18.6 Å². The molecule has 4 heteroatoms. The molecule has 138 valence electrons. The zero-order valence-electron chi connectivity index (χ0n) is 15.6. The van der Waals surface area contributed by atoms with Gasteiger partial charge in [0.1, 0.15) is 5.75 Å². The second-order valence-electron chi connectivity index (χ2n) is 7.85. The predicted octanol–water partition coefficient (Wildman–Crippen LogP) is 4.20. The molecule has 27 heavy (non-hydrogen) atoms. The maximum Gasteiger partial charge on any atom is 0.251 e. The first kappa shape index (κ1) is 17.6. The van der Waals surface area contributed by atoms with E-state index in [1.54, 1.807) is 24.3 Å². The number of ether oxygens (including phenoxy) is 1. The zero-order valence-corrected chi connectivity index (χ0v) is 15.6. The van der Waals surface area contributed by atoms with E-state index in [0.29, 0.717) is 17.0 Å². The number of hydrogen-bond donors (Lipinski definition) is 1. The molecule has 1 amide bonds. The number of carbonyl (C=O) groups excluding carboxylic acids is 1. The van der Waals surface area contributed by atoms with Crippen LogP contribution < -0.4 is 10.1 Å². The van der Waals surface area contributed by atoms with E-state index in [0.717, 1.165) is 38.0 Å². The van der Waals surface area contributed by atoms with Crippen molar-refractivity contribution in [3.63, 3.8) is 0 Å². The molecule has 0 aromatic heterocycles. The van der Waals surface area contributed by atoms with Gasteiger partial charge in [0, 0.05) is 22.6 Å². The number of fused-ring (bicyclic) bond motifs is 2. The van der Waals surface area contributed by atoms with Gasteiger partial charge >= 0.3 is 0 Å². The van der Waals surface area contributed by atoms with Crippen molar-refractivity contribution in [1.82, 2.24) is 5.32 Å². The first-order chi connectivity index (χ1) is 13.1. The highest BCUT2D eigenvalue weighted by Crippen LogP contribution is 2.49. The number of rotatable bonds is 3. The summed E-state index contributed by atoms with van der Waals surface area (Å²) in [5, 5.41) is 12.0. The van der Waals surface area contributed by atoms with Crippen LogP contribution in [0.1, 0.15) is 54.1 Å². The zero-order chi connectivity index (χ0) is 18.9. The van der Waals surface area contributed by atoms with Crippen LogP contribution >= 0.6 is 0 Å². The van der Waals surface area contributed by atoms with Crippen LogP contribution in [0.3, 0.4) is 0 Å². The number of hydrogen-bond acceptors (Lipinski definition) is 3. The lowest BCUT2D eigenvalue weighted by molar-refractivity contribution is 0.0905. The van der Waals surface area contributed by atoms with Crippen molar-refractivity contribution in [2.24, 2.45) is 5.92 Å². The molecule has 4 rings (SSSR count). The topological polar surface area (TPSA) is 62.1 Å². The minimum Gasteiger partial charge on any atom is -0.492 e. The number of amides is 1. The molecule has 1 aliphatic carbocycles. The highest BCUT2D eigenvalue weighted by atomic mass is 16.5. The van der Waals surface area contributed by atoms with Crippen LogP contribution in [0.25, 0.3) is 0 Å². The fourth-order valence-corrected chi connectivity index (χ4v) is 4.53. The van der Waals surface area contributed by atoms with Gasteiger partial charge in [-0.05, 0) is 68.9 Å². The summed E-state index contributed by atoms with van der Waals surface area (Å²) in [4.78, 5) is 12.5. The molecule has 4 nitrogen and oxygen atoms in total. The summed E-state index contributed by atoms with van der Waals surface area (Å²) in [6, 6.07) is 17.4. The van der Waals surface area contributed by atoms with Gasteiger partial charge in [0.15, 0.2) is 0 Å². The van der Waals surface area contributed by atoms with E-state index in [1.165, 1.54) is 5.56 Å². The smallest absolute Gasteiger partial charge is 0.251 e. The number of nitrogens with zero attached hydrogens (tertiary/aromatic N) is 1. The molecule has 1 N–H and O–H groups in total. The molecule has 1 fully saturated rings. The summed E-state index contributed by atoms with van der Waals surface area (Å²) in [6.45, 7) is 2.88. The van der Waals surface area contributed by atoms with Crippen LogP contribution in [0.2, 0.25) is 0 Å². The van der Waals surface area contributed by atoms with Crippen molar-refractivity contribution in [3.05, 3.63) is 65.2 Å². The fraction of sp³-hybridized carbons (Fsp3) is 0.391. The van der Waals surface area contributed by atoms with Crippen molar-refractivity contribution in [1.29, 1.82) is 5.26 Å². The van der Waals surface area contributed by atoms with Crippen molar-refractivity contribution < 1.29 is 9.53 Å². The standard InChI is InChI=1S/C23H24N2O2/c1-16(25-22(26)19-8-6-17(14-24)7-9-19)18-10-12-23(13-11-18)15-27-21-5-3-2-4-20(21)23/h2-9,16,18H,10-13,15H2,1H3,(H,25,26)/t16?,18-,23-. The highest BCUT2D eigenvalue weighted by molar-refractivity contribution is 5.94. The number of benzene rings is 2. The maximum absolute atomic E-state index is 12.5. The first-order valence-electron chi connectivity index (χ1n) is 9.65. The largest absolute Gasteiger partial charge is 0.492 e. The van der Waals surface area contributed by atoms with Crippen LogP contribution in [0, 0.1) is 17.2 Å². The van der Waals surface area contributed by atoms with Gasteiger partial charge in [0.2, 0.25) is 0 Å². The second kappa shape index (κ2) is 7.08. The van der Waals surface area contributed by atoms with Gasteiger partial charge in [0.25, 0.3) is 5.91 Å². The molecular formula is C23H24N2O2. The minimum absolute atomic E-state index is 0.0678. The van der Waals surface area contributed by atoms with Crippen LogP contribution in [0.5, 0.6) is 5.75 Å². The molecule has 1 aliphatic heterocycles. The molecule has 0 bridgehead atoms. The Kier molecular flexibility index (Phi) is 4.61. The van der Waals surface area contributed by atoms with Crippen LogP contribution in [0.15, 0.2) is 48.5 Å². The number of carbonyl (C=O) groups is 1. The normalized spacial score (nSPS) is 24.5. The average molecular weight is 360 g/mol. The van der Waals surface area contributed by atoms with Gasteiger partial charge in [-0.15, -0.1) is 0 Å². The molecule has 1 atom stereocenters. The Hall–Kier alpha value is -2.80. The van der Waals surface area contributed by atoms with Crippen LogP contribution in [0.4, 0.5) is 0 Å². The maximum atomic E-state index is 12.5. The molecule has 1 unspecified atom stereocenters. The third kappa shape index (κ3) is 3.30. The molecule has 1 heterocycles. The van der Waals surface area contributed by atoms with Gasteiger partial charge in [-0.2, -0.15) is 5.26 Å². The Morgan fingerprint density at radius 2 is 1.89 bits per heavy atom. The van der Waals surface area contributed by atoms with Crippen molar-refractivity contribution in [3.8, 4) is 11.8 Å². The van der Waals surface area contributed by atoms with E-state index >= 15 is 0 Å². The number of para-hydroxylation sites is 1. The third-order valence-electron chi connectivity index (χ3n) is 6.29. The molecule has 1 spiro atoms. The summed E-state index contributed by atoms with van der Waals surface area (Å²) in [7, 11) is 0. The number of nitrogens with one attached hydrogen (secondary N) is 1. The molecular weight excluding hydrogens is 336 g/mol. The van der Waals surface area contributed by atoms with E-state index < -0.39 is 0 Å². The molecule has 0 radical (unpaired) electrons. The van der Waals surface area contributed by atoms with E-state index in [9.17, 15) is 4.79 Å². The average Bonchev–Trinajstić information content (AvgIpc) is 3.07. The van der Waals surface area contributed by atoms with Gasteiger partial charge < -0.3 is 10.1 Å². The molecule has 1 saturated carbocycles. The van der Waals surface area contributed by atoms with Crippen molar-refractivity contribution in [2.75, 3.05) is 6.61 Å². The fourth-order valence-electron chi connectivity index (χ4n) is 4.53. The lowest BCUT2D eigenvalue weighted by Gasteiger charge is -2.38. The van der Waals surface area contributed by atoms with Gasteiger partial charge in [-0.3, -0.25) is 4.79 Å². The summed E-state index contributed by atoms with van der Waals surface area (Å²) < 4.78 is 5.94. The van der Waals surface area contributed by atoms with Crippen LogP contribution in [-0.2, 0) is 5.41 Å². The Morgan fingerprint density at radius 3 is 2.59 bits per heavy atom. The molecule has 2 aromatic carbocycles. The number of nitriles is 1. The van der Waals surface area contributed by atoms with E-state index in [1.807, 2.05) is 6.07 Å². The first-order valence-corrected chi connectivity index (χ1v) is 9.65. The quantitative estimate of drug-likeness (QED) is 0.892. The highest BCUT2D eigenvalue weighted by Gasteiger charge is 2.44. The Morgan fingerprint density at radius 1 is 1.19 bits per heavy atom. The van der Waals surface area contributed by atoms with E-state index in [2.05, 4.69) is 36.5 Å². The van der Waals surface area contributed by atoms with Gasteiger partial charge in [0.05, 0.1) is 18.2 Å². The molecule has 2 aromatic rings. The Labute approximate surface area is 160 Å². The molecule has 0 saturated heterocycles. The van der Waals surface area contributed by atoms with Gasteiger partial charge in [-0.1, -0.05) is 18.2 Å². The van der Waals surface area contributed by atoms with E-state index in [-0.39, 0.29) is 17.4 Å². The lowest BCUT2D eigenvalue weighted by atomic mass is 9.66. The monoisotopic (exact) mass is 360 g/mol. The third-order valence-corrected chi connectivity index (χ3v) is 6.29. The summed E-state index contributed by atoms with van der Waals surface area (Å²) in [5.41, 5.74) is 2.68. The summed E-state index contributed by atoms with van der Waals surface area (Å²) in [6.07, 6.45) is 4.39. The molecule has 2 aliphatic rings. The van der Waals surface area contributed by atoms with E-state index in [4.69, 9.17) is 10.00 Å². The van der Waals surface area contributed by atoms with Crippen molar-refractivity contribution in [2.45, 2.75) is 44.1 Å². The Bertz CT molecular complexity index is 874. The summed E-state index contributed by atoms with van der Waals surface area (Å²) in [5.74, 6) is 1.45. The second-order valence-corrected chi connectivity index (χ2v) is 7.85. The summed E-state index contributed by atoms with van der Waals surface area (Å²) >= 11 is 0. The minimum atomic E-state index is -0.0678. The SMILES string of the molecule is CC(NC(=O)c1ccc(C#N)cc1)[C@H]1CC[C@]2(CC1)COc1ccccc12. The lowest BCUT2D eigenvalue weighted by Crippen LogP contribution is -2.42. The van der Waals surface area contributed by atoms with Crippen molar-refractivity contribution >= 4 is 5.91 Å². The Balaban J connectivity index is 1.37. The van der Waals surface area contributed by atoms with Gasteiger partial charge in [-0.25, -0.2) is 0 Å². The predicted molar refractivity (Wildman–Crippen MR) is 104 cm³/mol.